The summed E-state index contributed by atoms with van der Waals surface area (Å²) in [6, 6.07) is 15.6. The third kappa shape index (κ3) is 4.36. The Hall–Kier alpha value is -3.19. The SMILES string of the molecule is OCCN(c1ccccc1)C(/C=C/c1ccccc1)c1c(F)c(F)c(F)c(F)c1F. The van der Waals surface area contributed by atoms with Gasteiger partial charge in [0.2, 0.25) is 5.82 Å². The Morgan fingerprint density at radius 1 is 0.733 bits per heavy atom. The van der Waals surface area contributed by atoms with Gasteiger partial charge in [-0.3, -0.25) is 0 Å². The second-order valence-corrected chi connectivity index (χ2v) is 6.45. The largest absolute Gasteiger partial charge is 0.395 e. The first-order valence-electron chi connectivity index (χ1n) is 9.12. The minimum absolute atomic E-state index is 0.104. The fourth-order valence-electron chi connectivity index (χ4n) is 3.16. The Morgan fingerprint density at radius 3 is 1.77 bits per heavy atom. The molecular weight excluding hydrogens is 401 g/mol. The number of hydrogen-bond donors (Lipinski definition) is 1. The summed E-state index contributed by atoms with van der Waals surface area (Å²) >= 11 is 0. The zero-order valence-electron chi connectivity index (χ0n) is 15.7. The first-order chi connectivity index (χ1) is 14.5. The molecule has 0 aliphatic carbocycles. The summed E-state index contributed by atoms with van der Waals surface area (Å²) in [6.45, 7) is -0.507. The van der Waals surface area contributed by atoms with Gasteiger partial charge >= 0.3 is 0 Å². The lowest BCUT2D eigenvalue weighted by Gasteiger charge is -2.32. The lowest BCUT2D eigenvalue weighted by Crippen LogP contribution is -2.32. The Morgan fingerprint density at radius 2 is 1.23 bits per heavy atom. The molecule has 0 radical (unpaired) electrons. The highest BCUT2D eigenvalue weighted by molar-refractivity contribution is 5.56. The van der Waals surface area contributed by atoms with E-state index < -0.39 is 47.3 Å². The number of para-hydroxylation sites is 1. The summed E-state index contributed by atoms with van der Waals surface area (Å²) < 4.78 is 70.7. The highest BCUT2D eigenvalue weighted by Crippen LogP contribution is 2.35. The van der Waals surface area contributed by atoms with Crippen molar-refractivity contribution in [2.45, 2.75) is 6.04 Å². The maximum absolute atomic E-state index is 14.7. The van der Waals surface area contributed by atoms with E-state index in [1.807, 2.05) is 0 Å². The van der Waals surface area contributed by atoms with E-state index >= 15 is 0 Å². The second-order valence-electron chi connectivity index (χ2n) is 6.45. The zero-order valence-corrected chi connectivity index (χ0v) is 15.7. The Kier molecular flexibility index (Phi) is 6.84. The van der Waals surface area contributed by atoms with Crippen LogP contribution in [0.1, 0.15) is 17.2 Å². The molecule has 1 atom stereocenters. The monoisotopic (exact) mass is 419 g/mol. The van der Waals surface area contributed by atoms with Crippen LogP contribution in [0.15, 0.2) is 66.7 Å². The van der Waals surface area contributed by atoms with Crippen LogP contribution in [0.2, 0.25) is 0 Å². The average Bonchev–Trinajstić information content (AvgIpc) is 2.78. The van der Waals surface area contributed by atoms with Gasteiger partial charge in [-0.05, 0) is 17.7 Å². The molecule has 3 rings (SSSR count). The van der Waals surface area contributed by atoms with Crippen molar-refractivity contribution in [1.29, 1.82) is 0 Å². The third-order valence-electron chi connectivity index (χ3n) is 4.57. The van der Waals surface area contributed by atoms with Crippen LogP contribution >= 0.6 is 0 Å². The molecule has 0 aliphatic rings. The molecule has 0 aromatic heterocycles. The minimum atomic E-state index is -2.21. The van der Waals surface area contributed by atoms with E-state index in [9.17, 15) is 27.1 Å². The summed E-state index contributed by atoms with van der Waals surface area (Å²) in [4.78, 5) is 1.37. The van der Waals surface area contributed by atoms with Crippen molar-refractivity contribution < 1.29 is 27.1 Å². The van der Waals surface area contributed by atoms with Crippen molar-refractivity contribution in [3.63, 3.8) is 0 Å². The van der Waals surface area contributed by atoms with Crippen LogP contribution in [0.5, 0.6) is 0 Å². The quantitative estimate of drug-likeness (QED) is 0.305. The Bertz CT molecular complexity index is 996. The number of rotatable bonds is 7. The molecule has 1 N–H and O–H groups in total. The first-order valence-corrected chi connectivity index (χ1v) is 9.12. The molecule has 0 saturated carbocycles. The summed E-state index contributed by atoms with van der Waals surface area (Å²) in [5, 5.41) is 9.51. The molecule has 0 heterocycles. The number of aliphatic hydroxyl groups excluding tert-OH is 1. The van der Waals surface area contributed by atoms with Crippen molar-refractivity contribution in [2.75, 3.05) is 18.1 Å². The van der Waals surface area contributed by atoms with Crippen LogP contribution in [-0.2, 0) is 0 Å². The highest BCUT2D eigenvalue weighted by Gasteiger charge is 2.32. The van der Waals surface area contributed by atoms with Crippen molar-refractivity contribution in [3.8, 4) is 0 Å². The molecule has 7 heteroatoms. The third-order valence-corrected chi connectivity index (χ3v) is 4.57. The molecule has 1 unspecified atom stereocenters. The maximum atomic E-state index is 14.7. The summed E-state index contributed by atoms with van der Waals surface area (Å²) in [7, 11) is 0. The number of nitrogens with zero attached hydrogens (tertiary/aromatic N) is 1. The predicted octanol–water partition coefficient (Wildman–Crippen LogP) is 5.64. The van der Waals surface area contributed by atoms with Gasteiger partial charge in [0.05, 0.1) is 18.2 Å². The molecule has 0 spiro atoms. The van der Waals surface area contributed by atoms with E-state index in [0.29, 0.717) is 11.3 Å². The fraction of sp³-hybridized carbons (Fsp3) is 0.130. The van der Waals surface area contributed by atoms with E-state index in [0.717, 1.165) is 0 Å². The van der Waals surface area contributed by atoms with Gasteiger partial charge in [0.15, 0.2) is 23.3 Å². The second kappa shape index (κ2) is 9.54. The molecule has 156 valence electrons. The summed E-state index contributed by atoms with van der Waals surface area (Å²) in [5.41, 5.74) is 0.123. The van der Waals surface area contributed by atoms with E-state index in [1.54, 1.807) is 60.7 Å². The van der Waals surface area contributed by atoms with Crippen molar-refractivity contribution >= 4 is 11.8 Å². The smallest absolute Gasteiger partial charge is 0.200 e. The van der Waals surface area contributed by atoms with Gasteiger partial charge in [0, 0.05) is 12.2 Å². The molecule has 0 bridgehead atoms. The number of hydrogen-bond acceptors (Lipinski definition) is 2. The van der Waals surface area contributed by atoms with Gasteiger partial charge in [-0.25, -0.2) is 22.0 Å². The van der Waals surface area contributed by atoms with Crippen LogP contribution in [0, 0.1) is 29.1 Å². The van der Waals surface area contributed by atoms with Gasteiger partial charge in [0.1, 0.15) is 0 Å². The number of halogens is 5. The van der Waals surface area contributed by atoms with Crippen LogP contribution in [0.3, 0.4) is 0 Å². The number of aliphatic hydroxyl groups is 1. The van der Waals surface area contributed by atoms with E-state index in [4.69, 9.17) is 0 Å². The fourth-order valence-corrected chi connectivity index (χ4v) is 3.16. The normalized spacial score (nSPS) is 12.3. The molecule has 0 amide bonds. The average molecular weight is 419 g/mol. The van der Waals surface area contributed by atoms with E-state index in [-0.39, 0.29) is 6.54 Å². The van der Waals surface area contributed by atoms with Crippen LogP contribution in [0.4, 0.5) is 27.6 Å². The van der Waals surface area contributed by atoms with Crippen molar-refractivity contribution in [3.05, 3.63) is 107 Å². The van der Waals surface area contributed by atoms with Gasteiger partial charge in [-0.15, -0.1) is 0 Å². The minimum Gasteiger partial charge on any atom is -0.395 e. The standard InChI is InChI=1S/C23H18F5NO/c24-19-18(20(25)22(27)23(28)21(19)26)17(12-11-15-7-3-1-4-8-15)29(13-14-30)16-9-5-2-6-10-16/h1-12,17,30H,13-14H2/b12-11+. The lowest BCUT2D eigenvalue weighted by atomic mass is 10.00. The molecule has 0 fully saturated rings. The van der Waals surface area contributed by atoms with Crippen LogP contribution in [0.25, 0.3) is 6.08 Å². The summed E-state index contributed by atoms with van der Waals surface area (Å²) in [5.74, 6) is -10.1. The Labute approximate surface area is 170 Å². The molecular formula is C23H18F5NO. The molecule has 3 aromatic carbocycles. The van der Waals surface area contributed by atoms with Crippen LogP contribution in [-0.4, -0.2) is 18.3 Å². The topological polar surface area (TPSA) is 23.5 Å². The van der Waals surface area contributed by atoms with Gasteiger partial charge in [0.25, 0.3) is 0 Å². The zero-order chi connectivity index (χ0) is 21.7. The lowest BCUT2D eigenvalue weighted by molar-refractivity contribution is 0.298. The van der Waals surface area contributed by atoms with Crippen LogP contribution < -0.4 is 4.90 Å². The van der Waals surface area contributed by atoms with Gasteiger partial charge in [-0.1, -0.05) is 60.7 Å². The highest BCUT2D eigenvalue weighted by atomic mass is 19.2. The molecule has 0 aliphatic heterocycles. The number of anilines is 1. The van der Waals surface area contributed by atoms with E-state index in [2.05, 4.69) is 0 Å². The van der Waals surface area contributed by atoms with Crippen molar-refractivity contribution in [2.24, 2.45) is 0 Å². The molecule has 30 heavy (non-hydrogen) atoms. The maximum Gasteiger partial charge on any atom is 0.200 e. The number of benzene rings is 3. The first kappa shape index (κ1) is 21.5. The van der Waals surface area contributed by atoms with Crippen molar-refractivity contribution in [1.82, 2.24) is 0 Å². The van der Waals surface area contributed by atoms with Gasteiger partial charge < -0.3 is 10.0 Å². The molecule has 2 nitrogen and oxygen atoms in total. The summed E-state index contributed by atoms with van der Waals surface area (Å²) in [6.07, 6.45) is 2.87. The van der Waals surface area contributed by atoms with Gasteiger partial charge in [-0.2, -0.15) is 0 Å². The predicted molar refractivity (Wildman–Crippen MR) is 105 cm³/mol. The Balaban J connectivity index is 2.21. The molecule has 0 saturated heterocycles. The van der Waals surface area contributed by atoms with E-state index in [1.165, 1.54) is 17.1 Å². The molecule has 3 aromatic rings.